The van der Waals surface area contributed by atoms with Crippen molar-refractivity contribution in [1.82, 2.24) is 10.2 Å². The van der Waals surface area contributed by atoms with Gasteiger partial charge in [0.05, 0.1) is 0 Å². The first-order valence-electron chi connectivity index (χ1n) is 7.61. The van der Waals surface area contributed by atoms with E-state index < -0.39 is 24.5 Å². The van der Waals surface area contributed by atoms with Crippen molar-refractivity contribution in [3.63, 3.8) is 0 Å². The second kappa shape index (κ2) is 10.5. The van der Waals surface area contributed by atoms with Crippen LogP contribution in [0, 0.1) is 0 Å². The molecule has 0 aromatic heterocycles. The molecule has 0 unspecified atom stereocenters. The first-order valence-corrected chi connectivity index (χ1v) is 8.41. The summed E-state index contributed by atoms with van der Waals surface area (Å²) in [4.78, 5) is 37.4. The van der Waals surface area contributed by atoms with Gasteiger partial charge in [0, 0.05) is 23.1 Å². The van der Waals surface area contributed by atoms with Gasteiger partial charge in [-0.15, -0.1) is 13.2 Å². The highest BCUT2D eigenvalue weighted by molar-refractivity contribution is 9.10. The maximum Gasteiger partial charge on any atom is 0.328 e. The minimum Gasteiger partial charge on any atom is -0.454 e. The molecule has 0 aliphatic carbocycles. The Balaban J connectivity index is 2.51. The molecule has 1 N–H and O–H groups in total. The number of nitrogens with zero attached hydrogens (tertiary/aromatic N) is 1. The van der Waals surface area contributed by atoms with Gasteiger partial charge in [-0.25, -0.2) is 4.79 Å². The van der Waals surface area contributed by atoms with Crippen molar-refractivity contribution >= 4 is 33.7 Å². The number of nitrogens with one attached hydrogen (secondary N) is 1. The Morgan fingerprint density at radius 3 is 2.28 bits per heavy atom. The van der Waals surface area contributed by atoms with Crippen molar-refractivity contribution in [2.45, 2.75) is 13.0 Å². The summed E-state index contributed by atoms with van der Waals surface area (Å²) in [6.45, 7) is 8.89. The predicted molar refractivity (Wildman–Crippen MR) is 99.0 cm³/mol. The molecule has 25 heavy (non-hydrogen) atoms. The number of halogens is 1. The van der Waals surface area contributed by atoms with Crippen molar-refractivity contribution in [1.29, 1.82) is 0 Å². The lowest BCUT2D eigenvalue weighted by Crippen LogP contribution is -2.41. The Bertz CT molecular complexity index is 633. The molecule has 0 radical (unpaired) electrons. The maximum absolute atomic E-state index is 12.1. The molecule has 0 heterocycles. The van der Waals surface area contributed by atoms with E-state index in [4.69, 9.17) is 4.74 Å². The summed E-state index contributed by atoms with van der Waals surface area (Å²) in [5.74, 6) is -1.45. The van der Waals surface area contributed by atoms with Crippen LogP contribution in [0.3, 0.4) is 0 Å². The minimum absolute atomic E-state index is 0.332. The summed E-state index contributed by atoms with van der Waals surface area (Å²) >= 11 is 3.28. The third-order valence-electron chi connectivity index (χ3n) is 3.20. The van der Waals surface area contributed by atoms with Gasteiger partial charge in [0.25, 0.3) is 11.8 Å². The van der Waals surface area contributed by atoms with Crippen LogP contribution in [-0.4, -0.2) is 48.4 Å². The molecular weight excluding hydrogens is 388 g/mol. The average molecular weight is 409 g/mol. The third-order valence-corrected chi connectivity index (χ3v) is 3.73. The molecular formula is C18H21BrN2O4. The van der Waals surface area contributed by atoms with Crippen LogP contribution in [0.1, 0.15) is 17.3 Å². The molecule has 0 aliphatic rings. The van der Waals surface area contributed by atoms with Gasteiger partial charge in [0.1, 0.15) is 6.04 Å². The zero-order chi connectivity index (χ0) is 18.8. The van der Waals surface area contributed by atoms with Gasteiger partial charge in [-0.05, 0) is 31.2 Å². The van der Waals surface area contributed by atoms with Gasteiger partial charge >= 0.3 is 5.97 Å². The van der Waals surface area contributed by atoms with Gasteiger partial charge in [-0.1, -0.05) is 28.1 Å². The topological polar surface area (TPSA) is 75.7 Å². The largest absolute Gasteiger partial charge is 0.454 e. The third kappa shape index (κ3) is 6.93. The molecule has 0 saturated heterocycles. The lowest BCUT2D eigenvalue weighted by molar-refractivity contribution is -0.152. The lowest BCUT2D eigenvalue weighted by Gasteiger charge is -2.20. The lowest BCUT2D eigenvalue weighted by atomic mass is 10.2. The molecule has 0 aliphatic heterocycles. The van der Waals surface area contributed by atoms with E-state index in [0.717, 1.165) is 4.47 Å². The summed E-state index contributed by atoms with van der Waals surface area (Å²) in [5.41, 5.74) is 0.419. The number of carbonyl (C=O) groups is 3. The monoisotopic (exact) mass is 408 g/mol. The van der Waals surface area contributed by atoms with Crippen LogP contribution in [-0.2, 0) is 14.3 Å². The average Bonchev–Trinajstić information content (AvgIpc) is 2.59. The smallest absolute Gasteiger partial charge is 0.328 e. The van der Waals surface area contributed by atoms with Gasteiger partial charge < -0.3 is 15.0 Å². The van der Waals surface area contributed by atoms with E-state index in [9.17, 15) is 14.4 Å². The Kier molecular flexibility index (Phi) is 8.63. The molecule has 2 amide bonds. The molecule has 0 bridgehead atoms. The summed E-state index contributed by atoms with van der Waals surface area (Å²) in [6.07, 6.45) is 3.15. The zero-order valence-corrected chi connectivity index (χ0v) is 15.6. The van der Waals surface area contributed by atoms with E-state index >= 15 is 0 Å². The van der Waals surface area contributed by atoms with Crippen molar-refractivity contribution in [2.75, 3.05) is 19.7 Å². The van der Waals surface area contributed by atoms with Crippen molar-refractivity contribution in [3.05, 3.63) is 59.6 Å². The first kappa shape index (κ1) is 20.6. The van der Waals surface area contributed by atoms with Gasteiger partial charge in [0.15, 0.2) is 6.61 Å². The highest BCUT2D eigenvalue weighted by atomic mass is 79.9. The predicted octanol–water partition coefficient (Wildman–Crippen LogP) is 2.31. The highest BCUT2D eigenvalue weighted by Crippen LogP contribution is 2.10. The standard InChI is InChI=1S/C18H21BrN2O4/c1-4-10-21(11-5-2)16(22)12-25-18(24)13(3)20-17(23)14-6-8-15(19)9-7-14/h4-9,13H,1-2,10-12H2,3H3,(H,20,23)/t13-/m0/s1. The normalized spacial score (nSPS) is 11.1. The molecule has 1 aromatic carbocycles. The van der Waals surface area contributed by atoms with E-state index in [1.807, 2.05) is 0 Å². The number of benzene rings is 1. The van der Waals surface area contributed by atoms with E-state index in [-0.39, 0.29) is 5.91 Å². The zero-order valence-electron chi connectivity index (χ0n) is 14.0. The SMILES string of the molecule is C=CCN(CC=C)C(=O)COC(=O)[C@H](C)NC(=O)c1ccc(Br)cc1. The maximum atomic E-state index is 12.1. The van der Waals surface area contributed by atoms with E-state index in [0.29, 0.717) is 18.7 Å². The molecule has 1 aromatic rings. The molecule has 6 nitrogen and oxygen atoms in total. The summed E-state index contributed by atoms with van der Waals surface area (Å²) < 4.78 is 5.82. The van der Waals surface area contributed by atoms with Crippen LogP contribution >= 0.6 is 15.9 Å². The van der Waals surface area contributed by atoms with Crippen LogP contribution in [0.2, 0.25) is 0 Å². The highest BCUT2D eigenvalue weighted by Gasteiger charge is 2.20. The fraction of sp³-hybridized carbons (Fsp3) is 0.278. The summed E-state index contributed by atoms with van der Waals surface area (Å²) in [5, 5.41) is 2.53. The molecule has 134 valence electrons. The Labute approximate surface area is 155 Å². The van der Waals surface area contributed by atoms with Crippen LogP contribution in [0.15, 0.2) is 54.0 Å². The molecule has 1 rings (SSSR count). The number of hydrogen-bond acceptors (Lipinski definition) is 4. The second-order valence-electron chi connectivity index (χ2n) is 5.19. The number of esters is 1. The number of amides is 2. The van der Waals surface area contributed by atoms with Crippen LogP contribution < -0.4 is 5.32 Å². The summed E-state index contributed by atoms with van der Waals surface area (Å²) in [6, 6.07) is 5.83. The van der Waals surface area contributed by atoms with E-state index in [2.05, 4.69) is 34.4 Å². The fourth-order valence-electron chi connectivity index (χ4n) is 1.88. The molecule has 1 atom stereocenters. The molecule has 0 fully saturated rings. The minimum atomic E-state index is -0.879. The number of rotatable bonds is 9. The quantitative estimate of drug-likeness (QED) is 0.502. The Hall–Kier alpha value is -2.41. The first-order chi connectivity index (χ1) is 11.9. The Morgan fingerprint density at radius 2 is 1.76 bits per heavy atom. The van der Waals surface area contributed by atoms with E-state index in [1.165, 1.54) is 11.8 Å². The van der Waals surface area contributed by atoms with Gasteiger partial charge in [0.2, 0.25) is 0 Å². The van der Waals surface area contributed by atoms with Crippen LogP contribution in [0.5, 0.6) is 0 Å². The fourth-order valence-corrected chi connectivity index (χ4v) is 2.14. The van der Waals surface area contributed by atoms with Crippen molar-refractivity contribution in [3.8, 4) is 0 Å². The second-order valence-corrected chi connectivity index (χ2v) is 6.10. The van der Waals surface area contributed by atoms with Gasteiger partial charge in [-0.3, -0.25) is 9.59 Å². The number of hydrogen-bond donors (Lipinski definition) is 1. The summed E-state index contributed by atoms with van der Waals surface area (Å²) in [7, 11) is 0. The van der Waals surface area contributed by atoms with Crippen molar-refractivity contribution in [2.24, 2.45) is 0 Å². The number of ether oxygens (including phenoxy) is 1. The Morgan fingerprint density at radius 1 is 1.20 bits per heavy atom. The van der Waals surface area contributed by atoms with Crippen molar-refractivity contribution < 1.29 is 19.1 Å². The van der Waals surface area contributed by atoms with Crippen LogP contribution in [0.25, 0.3) is 0 Å². The molecule has 7 heteroatoms. The molecule has 0 spiro atoms. The van der Waals surface area contributed by atoms with Crippen LogP contribution in [0.4, 0.5) is 0 Å². The molecule has 0 saturated carbocycles. The number of carbonyl (C=O) groups excluding carboxylic acids is 3. The van der Waals surface area contributed by atoms with Gasteiger partial charge in [-0.2, -0.15) is 0 Å². The van der Waals surface area contributed by atoms with E-state index in [1.54, 1.807) is 36.4 Å².